The van der Waals surface area contributed by atoms with E-state index in [9.17, 15) is 5.11 Å². The summed E-state index contributed by atoms with van der Waals surface area (Å²) in [5.74, 6) is 0.893. The SMILES string of the molecule is Cc1cc(N[C@H]2CCCN(C)C2)nnc1-c1ccc(Cl)cc1O. The van der Waals surface area contributed by atoms with Crippen molar-refractivity contribution < 1.29 is 5.11 Å². The number of rotatable bonds is 3. The molecule has 122 valence electrons. The fourth-order valence-electron chi connectivity index (χ4n) is 3.02. The third kappa shape index (κ3) is 3.74. The van der Waals surface area contributed by atoms with E-state index in [1.165, 1.54) is 12.5 Å². The van der Waals surface area contributed by atoms with Crippen molar-refractivity contribution in [3.8, 4) is 17.0 Å². The lowest BCUT2D eigenvalue weighted by molar-refractivity contribution is 0.260. The van der Waals surface area contributed by atoms with Crippen molar-refractivity contribution in [3.05, 3.63) is 34.9 Å². The molecule has 0 spiro atoms. The molecule has 1 aromatic heterocycles. The average molecular weight is 333 g/mol. The van der Waals surface area contributed by atoms with E-state index in [0.29, 0.717) is 22.3 Å². The monoisotopic (exact) mass is 332 g/mol. The van der Waals surface area contributed by atoms with Crippen LogP contribution in [0.15, 0.2) is 24.3 Å². The number of aryl methyl sites for hydroxylation is 1. The molecule has 2 aromatic rings. The number of benzene rings is 1. The first kappa shape index (κ1) is 16.0. The number of likely N-dealkylation sites (tertiary alicyclic amines) is 1. The maximum Gasteiger partial charge on any atom is 0.149 e. The standard InChI is InChI=1S/C17H21ClN4O/c1-11-8-16(19-13-4-3-7-22(2)10-13)20-21-17(11)14-6-5-12(18)9-15(14)23/h5-6,8-9,13,23H,3-4,7,10H2,1-2H3,(H,19,20)/t13-/m0/s1. The Morgan fingerprint density at radius 1 is 1.30 bits per heavy atom. The highest BCUT2D eigenvalue weighted by molar-refractivity contribution is 6.30. The van der Waals surface area contributed by atoms with E-state index >= 15 is 0 Å². The molecule has 0 unspecified atom stereocenters. The Bertz CT molecular complexity index is 707. The number of phenolic OH excluding ortho intramolecular Hbond substituents is 1. The average Bonchev–Trinajstić information content (AvgIpc) is 2.48. The molecular weight excluding hydrogens is 312 g/mol. The number of hydrogen-bond acceptors (Lipinski definition) is 5. The van der Waals surface area contributed by atoms with Crippen LogP contribution in [0.2, 0.25) is 5.02 Å². The van der Waals surface area contributed by atoms with Crippen LogP contribution in [-0.4, -0.2) is 46.4 Å². The highest BCUT2D eigenvalue weighted by atomic mass is 35.5. The minimum absolute atomic E-state index is 0.115. The fraction of sp³-hybridized carbons (Fsp3) is 0.412. The number of aromatic hydroxyl groups is 1. The van der Waals surface area contributed by atoms with Crippen LogP contribution >= 0.6 is 11.6 Å². The van der Waals surface area contributed by atoms with Crippen LogP contribution in [0.1, 0.15) is 18.4 Å². The summed E-state index contributed by atoms with van der Waals surface area (Å²) >= 11 is 5.88. The van der Waals surface area contributed by atoms with Gasteiger partial charge < -0.3 is 15.3 Å². The number of aromatic nitrogens is 2. The van der Waals surface area contributed by atoms with Crippen molar-refractivity contribution in [2.45, 2.75) is 25.8 Å². The van der Waals surface area contributed by atoms with Crippen LogP contribution < -0.4 is 5.32 Å². The van der Waals surface area contributed by atoms with Gasteiger partial charge in [-0.05, 0) is 63.2 Å². The van der Waals surface area contributed by atoms with Gasteiger partial charge in [0.1, 0.15) is 11.6 Å². The normalized spacial score (nSPS) is 18.8. The largest absolute Gasteiger partial charge is 0.507 e. The zero-order valence-electron chi connectivity index (χ0n) is 13.4. The molecule has 1 atom stereocenters. The molecule has 0 bridgehead atoms. The molecule has 3 rings (SSSR count). The van der Waals surface area contributed by atoms with E-state index in [1.54, 1.807) is 12.1 Å². The molecule has 5 nitrogen and oxygen atoms in total. The maximum absolute atomic E-state index is 10.1. The molecule has 0 saturated carbocycles. The Labute approximate surface area is 141 Å². The van der Waals surface area contributed by atoms with Crippen LogP contribution in [0.25, 0.3) is 11.3 Å². The van der Waals surface area contributed by atoms with Gasteiger partial charge in [-0.15, -0.1) is 10.2 Å². The van der Waals surface area contributed by atoms with E-state index in [4.69, 9.17) is 11.6 Å². The van der Waals surface area contributed by atoms with Crippen LogP contribution in [0, 0.1) is 6.92 Å². The summed E-state index contributed by atoms with van der Waals surface area (Å²) in [6.07, 6.45) is 2.34. The topological polar surface area (TPSA) is 61.3 Å². The second kappa shape index (κ2) is 6.72. The predicted octanol–water partition coefficient (Wildman–Crippen LogP) is 3.32. The summed E-state index contributed by atoms with van der Waals surface area (Å²) in [4.78, 5) is 2.32. The van der Waals surface area contributed by atoms with E-state index in [1.807, 2.05) is 13.0 Å². The first-order chi connectivity index (χ1) is 11.0. The molecule has 1 aliphatic heterocycles. The number of nitrogens with zero attached hydrogens (tertiary/aromatic N) is 3. The second-order valence-electron chi connectivity index (χ2n) is 6.17. The summed E-state index contributed by atoms with van der Waals surface area (Å²) in [5.41, 5.74) is 2.28. The molecule has 0 aliphatic carbocycles. The molecular formula is C17H21ClN4O. The first-order valence-electron chi connectivity index (χ1n) is 7.81. The molecule has 0 amide bonds. The first-order valence-corrected chi connectivity index (χ1v) is 8.19. The third-order valence-electron chi connectivity index (χ3n) is 4.18. The Balaban J connectivity index is 1.80. The number of hydrogen-bond donors (Lipinski definition) is 2. The van der Waals surface area contributed by atoms with Crippen molar-refractivity contribution >= 4 is 17.4 Å². The summed E-state index contributed by atoms with van der Waals surface area (Å²) in [5, 5.41) is 22.6. The minimum atomic E-state index is 0.115. The molecule has 1 fully saturated rings. The number of phenols is 1. The quantitative estimate of drug-likeness (QED) is 0.903. The van der Waals surface area contributed by atoms with Crippen LogP contribution in [0.3, 0.4) is 0 Å². The van der Waals surface area contributed by atoms with Crippen molar-refractivity contribution in [2.75, 3.05) is 25.5 Å². The Kier molecular flexibility index (Phi) is 4.68. The van der Waals surface area contributed by atoms with Gasteiger partial charge in [-0.25, -0.2) is 0 Å². The van der Waals surface area contributed by atoms with Gasteiger partial charge >= 0.3 is 0 Å². The summed E-state index contributed by atoms with van der Waals surface area (Å²) in [7, 11) is 2.14. The highest BCUT2D eigenvalue weighted by Crippen LogP contribution is 2.32. The number of halogens is 1. The van der Waals surface area contributed by atoms with Crippen LogP contribution in [0.5, 0.6) is 5.75 Å². The number of anilines is 1. The molecule has 23 heavy (non-hydrogen) atoms. The summed E-state index contributed by atoms with van der Waals surface area (Å²) in [6, 6.07) is 7.39. The van der Waals surface area contributed by atoms with Crippen molar-refractivity contribution in [2.24, 2.45) is 0 Å². The van der Waals surface area contributed by atoms with Crippen LogP contribution in [0.4, 0.5) is 5.82 Å². The number of nitrogens with one attached hydrogen (secondary N) is 1. The van der Waals surface area contributed by atoms with Crippen LogP contribution in [-0.2, 0) is 0 Å². The van der Waals surface area contributed by atoms with Crippen molar-refractivity contribution in [3.63, 3.8) is 0 Å². The molecule has 1 aliphatic rings. The Hall–Kier alpha value is -1.85. The Morgan fingerprint density at radius 2 is 2.13 bits per heavy atom. The summed E-state index contributed by atoms with van der Waals surface area (Å²) < 4.78 is 0. The van der Waals surface area contributed by atoms with Gasteiger partial charge in [0.15, 0.2) is 0 Å². The van der Waals surface area contributed by atoms with Gasteiger partial charge in [-0.2, -0.15) is 0 Å². The van der Waals surface area contributed by atoms with Gasteiger partial charge in [-0.1, -0.05) is 11.6 Å². The van der Waals surface area contributed by atoms with E-state index in [2.05, 4.69) is 27.5 Å². The second-order valence-corrected chi connectivity index (χ2v) is 6.60. The minimum Gasteiger partial charge on any atom is -0.507 e. The van der Waals surface area contributed by atoms with Gasteiger partial charge in [0.2, 0.25) is 0 Å². The summed E-state index contributed by atoms with van der Waals surface area (Å²) in [6.45, 7) is 4.13. The van der Waals surface area contributed by atoms with Gasteiger partial charge in [0.25, 0.3) is 0 Å². The van der Waals surface area contributed by atoms with Crippen molar-refractivity contribution in [1.82, 2.24) is 15.1 Å². The fourth-order valence-corrected chi connectivity index (χ4v) is 3.19. The zero-order valence-corrected chi connectivity index (χ0v) is 14.1. The van der Waals surface area contributed by atoms with E-state index in [-0.39, 0.29) is 5.75 Å². The van der Waals surface area contributed by atoms with Gasteiger partial charge in [-0.3, -0.25) is 0 Å². The van der Waals surface area contributed by atoms with Gasteiger partial charge in [0, 0.05) is 23.2 Å². The highest BCUT2D eigenvalue weighted by Gasteiger charge is 2.18. The van der Waals surface area contributed by atoms with Crippen molar-refractivity contribution in [1.29, 1.82) is 0 Å². The lowest BCUT2D eigenvalue weighted by Crippen LogP contribution is -2.39. The lowest BCUT2D eigenvalue weighted by atomic mass is 10.1. The third-order valence-corrected chi connectivity index (χ3v) is 4.41. The molecule has 0 radical (unpaired) electrons. The zero-order chi connectivity index (χ0) is 16.4. The lowest BCUT2D eigenvalue weighted by Gasteiger charge is -2.30. The van der Waals surface area contributed by atoms with E-state index < -0.39 is 0 Å². The Morgan fingerprint density at radius 3 is 2.83 bits per heavy atom. The van der Waals surface area contributed by atoms with Gasteiger partial charge in [0.05, 0.1) is 5.69 Å². The molecule has 1 aromatic carbocycles. The number of likely N-dealkylation sites (N-methyl/N-ethyl adjacent to an activating group) is 1. The maximum atomic E-state index is 10.1. The molecule has 1 saturated heterocycles. The van der Waals surface area contributed by atoms with E-state index in [0.717, 1.165) is 30.9 Å². The molecule has 6 heteroatoms. The molecule has 2 heterocycles. The predicted molar refractivity (Wildman–Crippen MR) is 93.0 cm³/mol. The number of piperidine rings is 1. The smallest absolute Gasteiger partial charge is 0.149 e. The molecule has 2 N–H and O–H groups in total.